The Morgan fingerprint density at radius 3 is 2.55 bits per heavy atom. The van der Waals surface area contributed by atoms with Crippen LogP contribution >= 0.6 is 43.2 Å². The van der Waals surface area contributed by atoms with E-state index in [1.165, 1.54) is 17.6 Å². The van der Waals surface area contributed by atoms with Crippen LogP contribution in [0.4, 0.5) is 0 Å². The average Bonchev–Trinajstić information content (AvgIpc) is 3.10. The van der Waals surface area contributed by atoms with Gasteiger partial charge in [-0.3, -0.25) is 14.4 Å². The smallest absolute Gasteiger partial charge is 0.241 e. The van der Waals surface area contributed by atoms with Crippen molar-refractivity contribution < 1.29 is 18.8 Å². The van der Waals surface area contributed by atoms with Crippen LogP contribution in [0.2, 0.25) is 0 Å². The van der Waals surface area contributed by atoms with Crippen molar-refractivity contribution in [3.05, 3.63) is 50.0 Å². The minimum atomic E-state index is -0.748. The first-order valence-electron chi connectivity index (χ1n) is 5.35. The van der Waals surface area contributed by atoms with Gasteiger partial charge in [-0.1, -0.05) is 0 Å². The molecule has 7 heteroatoms. The molecule has 100 valence electrons. The number of thiophene rings is 1. The first kappa shape index (κ1) is 13.7. The summed E-state index contributed by atoms with van der Waals surface area (Å²) < 4.78 is 5.71. The molecule has 0 N–H and O–H groups in total. The van der Waals surface area contributed by atoms with Crippen molar-refractivity contribution in [2.45, 2.75) is 0 Å². The van der Waals surface area contributed by atoms with Crippen LogP contribution < -0.4 is 0 Å². The molecular formula is C13H4Br2O4S. The lowest BCUT2D eigenvalue weighted by Gasteiger charge is -2.10. The molecular weight excluding hydrogens is 412 g/mol. The molecule has 20 heavy (non-hydrogen) atoms. The minimum Gasteiger partial charge on any atom is -0.462 e. The maximum Gasteiger partial charge on any atom is 0.241 e. The van der Waals surface area contributed by atoms with E-state index in [-0.39, 0.29) is 27.2 Å². The number of carbonyl (C=O) groups excluding carboxylic acids is 3. The molecule has 3 rings (SSSR count). The lowest BCUT2D eigenvalue weighted by atomic mass is 9.95. The Labute approximate surface area is 133 Å². The van der Waals surface area contributed by atoms with Gasteiger partial charge in [-0.25, -0.2) is 0 Å². The molecule has 2 aromatic heterocycles. The number of hydrogen-bond donors (Lipinski definition) is 0. The van der Waals surface area contributed by atoms with Crippen LogP contribution in [0.1, 0.15) is 32.0 Å². The predicted molar refractivity (Wildman–Crippen MR) is 80.6 cm³/mol. The Balaban J connectivity index is 2.20. The lowest BCUT2D eigenvalue weighted by Crippen LogP contribution is -2.21. The monoisotopic (exact) mass is 414 g/mol. The molecule has 1 aliphatic rings. The molecule has 0 saturated heterocycles. The van der Waals surface area contributed by atoms with Gasteiger partial charge in [0.2, 0.25) is 11.6 Å². The SMILES string of the molecule is O=C1C(=O)c2c(C(=O)c3ccsc3)coc2C(Br)=C1Br. The van der Waals surface area contributed by atoms with E-state index in [1.54, 1.807) is 16.8 Å². The largest absolute Gasteiger partial charge is 0.462 e. The number of furan rings is 1. The number of hydrogen-bond acceptors (Lipinski definition) is 5. The van der Waals surface area contributed by atoms with Gasteiger partial charge in [-0.05, 0) is 43.3 Å². The fraction of sp³-hybridized carbons (Fsp3) is 0. The van der Waals surface area contributed by atoms with Gasteiger partial charge in [0, 0.05) is 10.9 Å². The highest BCUT2D eigenvalue weighted by Gasteiger charge is 2.37. The number of carbonyl (C=O) groups is 3. The van der Waals surface area contributed by atoms with Crippen molar-refractivity contribution in [2.24, 2.45) is 0 Å². The highest BCUT2D eigenvalue weighted by molar-refractivity contribution is 9.16. The standard InChI is InChI=1S/C13H4Br2O4S/c14-8-9(15)13-7(11(17)12(8)18)6(3-19-13)10(16)5-1-2-20-4-5/h1-4H. The lowest BCUT2D eigenvalue weighted by molar-refractivity contribution is -0.111. The topological polar surface area (TPSA) is 64.3 Å². The molecule has 0 aromatic carbocycles. The van der Waals surface area contributed by atoms with Crippen molar-refractivity contribution in [3.8, 4) is 0 Å². The van der Waals surface area contributed by atoms with Gasteiger partial charge in [0.15, 0.2) is 11.5 Å². The second-order valence-electron chi connectivity index (χ2n) is 3.98. The zero-order chi connectivity index (χ0) is 14.4. The maximum atomic E-state index is 12.3. The Kier molecular flexibility index (Phi) is 3.35. The second kappa shape index (κ2) is 4.91. The second-order valence-corrected chi connectivity index (χ2v) is 6.35. The summed E-state index contributed by atoms with van der Waals surface area (Å²) in [6.45, 7) is 0. The fourth-order valence-electron chi connectivity index (χ4n) is 1.87. The van der Waals surface area contributed by atoms with E-state index in [0.717, 1.165) is 0 Å². The molecule has 0 fully saturated rings. The van der Waals surface area contributed by atoms with E-state index in [1.807, 2.05) is 0 Å². The molecule has 4 nitrogen and oxygen atoms in total. The Hall–Kier alpha value is -1.31. The summed E-state index contributed by atoms with van der Waals surface area (Å²) in [5.74, 6) is -1.59. The summed E-state index contributed by atoms with van der Waals surface area (Å²) in [6.07, 6.45) is 1.21. The van der Waals surface area contributed by atoms with Gasteiger partial charge in [0.05, 0.1) is 20.1 Å². The summed E-state index contributed by atoms with van der Waals surface area (Å²) in [5.41, 5.74) is 0.582. The van der Waals surface area contributed by atoms with Crippen LogP contribution in [-0.2, 0) is 4.79 Å². The van der Waals surface area contributed by atoms with Crippen LogP contribution in [0.5, 0.6) is 0 Å². The molecule has 2 aromatic rings. The molecule has 0 aliphatic heterocycles. The molecule has 0 amide bonds. The van der Waals surface area contributed by atoms with Gasteiger partial charge < -0.3 is 4.42 Å². The van der Waals surface area contributed by atoms with Gasteiger partial charge in [0.25, 0.3) is 0 Å². The normalized spacial score (nSPS) is 14.7. The zero-order valence-electron chi connectivity index (χ0n) is 9.61. The average molecular weight is 416 g/mol. The van der Waals surface area contributed by atoms with Crippen molar-refractivity contribution in [3.63, 3.8) is 0 Å². The first-order chi connectivity index (χ1) is 9.52. The maximum absolute atomic E-state index is 12.3. The molecule has 0 saturated carbocycles. The van der Waals surface area contributed by atoms with Gasteiger partial charge in [-0.15, -0.1) is 0 Å². The fourth-order valence-corrected chi connectivity index (χ4v) is 3.34. The third-order valence-corrected chi connectivity index (χ3v) is 5.57. The van der Waals surface area contributed by atoms with E-state index in [2.05, 4.69) is 31.9 Å². The molecule has 0 radical (unpaired) electrons. The molecule has 0 bridgehead atoms. The number of allylic oxidation sites excluding steroid dienone is 1. The van der Waals surface area contributed by atoms with Crippen LogP contribution in [0.3, 0.4) is 0 Å². The number of fused-ring (bicyclic) bond motifs is 1. The van der Waals surface area contributed by atoms with E-state index < -0.39 is 11.6 Å². The van der Waals surface area contributed by atoms with Gasteiger partial charge >= 0.3 is 0 Å². The minimum absolute atomic E-state index is 0.0151. The molecule has 0 spiro atoms. The number of rotatable bonds is 2. The third-order valence-electron chi connectivity index (χ3n) is 2.84. The quantitative estimate of drug-likeness (QED) is 0.552. The highest BCUT2D eigenvalue weighted by atomic mass is 79.9. The number of halogens is 2. The van der Waals surface area contributed by atoms with Crippen molar-refractivity contribution in [1.82, 2.24) is 0 Å². The van der Waals surface area contributed by atoms with E-state index in [9.17, 15) is 14.4 Å². The zero-order valence-corrected chi connectivity index (χ0v) is 13.6. The van der Waals surface area contributed by atoms with Gasteiger partial charge in [-0.2, -0.15) is 11.3 Å². The van der Waals surface area contributed by atoms with E-state index in [4.69, 9.17) is 4.42 Å². The Morgan fingerprint density at radius 2 is 1.90 bits per heavy atom. The van der Waals surface area contributed by atoms with Crippen molar-refractivity contribution in [1.29, 1.82) is 0 Å². The number of Topliss-reactive ketones (excluding diaryl/α,β-unsaturated/α-hetero) is 2. The molecule has 1 aliphatic carbocycles. The van der Waals surface area contributed by atoms with Crippen LogP contribution in [0.15, 0.2) is 32.0 Å². The third kappa shape index (κ3) is 1.88. The first-order valence-corrected chi connectivity index (χ1v) is 7.88. The summed E-state index contributed by atoms with van der Waals surface area (Å²) in [6, 6.07) is 1.66. The van der Waals surface area contributed by atoms with Crippen LogP contribution in [0, 0.1) is 0 Å². The molecule has 2 heterocycles. The summed E-state index contributed by atoms with van der Waals surface area (Å²) in [4.78, 5) is 36.2. The molecule has 0 atom stereocenters. The number of ketones is 3. The Morgan fingerprint density at radius 1 is 1.15 bits per heavy atom. The summed E-state index contributed by atoms with van der Waals surface area (Å²) in [5, 5.41) is 3.44. The summed E-state index contributed by atoms with van der Waals surface area (Å²) >= 11 is 7.60. The molecule has 0 unspecified atom stereocenters. The van der Waals surface area contributed by atoms with Crippen molar-refractivity contribution in [2.75, 3.05) is 0 Å². The highest BCUT2D eigenvalue weighted by Crippen LogP contribution is 2.39. The Bertz CT molecular complexity index is 783. The summed E-state index contributed by atoms with van der Waals surface area (Å²) in [7, 11) is 0. The van der Waals surface area contributed by atoms with Crippen molar-refractivity contribution >= 4 is 65.0 Å². The van der Waals surface area contributed by atoms with Gasteiger partial charge in [0.1, 0.15) is 6.26 Å². The van der Waals surface area contributed by atoms with E-state index in [0.29, 0.717) is 10.0 Å². The van der Waals surface area contributed by atoms with Crippen LogP contribution in [-0.4, -0.2) is 17.3 Å². The predicted octanol–water partition coefficient (Wildman–Crippen LogP) is 3.80. The van der Waals surface area contributed by atoms with Crippen LogP contribution in [0.25, 0.3) is 4.48 Å². The van der Waals surface area contributed by atoms with E-state index >= 15 is 0 Å².